The quantitative estimate of drug-likeness (QED) is 0.415. The van der Waals surface area contributed by atoms with Crippen molar-refractivity contribution in [1.82, 2.24) is 0 Å². The van der Waals surface area contributed by atoms with Crippen LogP contribution in [0.15, 0.2) is 11.6 Å². The standard InChI is InChI=1S/C30H50O3/c1-25(2)16-20-19-8-9-22-27(4)12-11-23(32)28(5,18-31)21(27)10-13-30(22,7)29(19,6)15-14-26(20,3)24(33)17-25/h8,20-24,31-33H,9-18H2,1-7H3/t20-,21-,22-,23-,24+,26+,27-,28+,29+,30+/m0/s1. The highest BCUT2D eigenvalue weighted by atomic mass is 16.3. The van der Waals surface area contributed by atoms with Crippen LogP contribution in [0.3, 0.4) is 0 Å². The molecule has 0 saturated heterocycles. The Morgan fingerprint density at radius 1 is 0.788 bits per heavy atom. The highest BCUT2D eigenvalue weighted by molar-refractivity contribution is 5.34. The van der Waals surface area contributed by atoms with Gasteiger partial charge in [-0.25, -0.2) is 0 Å². The van der Waals surface area contributed by atoms with Gasteiger partial charge in [-0.05, 0) is 97.2 Å². The molecular formula is C30H50O3. The first-order chi connectivity index (χ1) is 15.2. The van der Waals surface area contributed by atoms with Crippen molar-refractivity contribution < 1.29 is 15.3 Å². The van der Waals surface area contributed by atoms with Crippen molar-refractivity contribution in [2.24, 2.45) is 50.2 Å². The van der Waals surface area contributed by atoms with Gasteiger partial charge in [0.25, 0.3) is 0 Å². The van der Waals surface area contributed by atoms with Crippen LogP contribution in [0.2, 0.25) is 0 Å². The lowest BCUT2D eigenvalue weighted by Crippen LogP contribution is -2.66. The SMILES string of the molecule is CC1(C)C[C@@H](O)[C@]2(C)CC[C@]3(C)C(=CC[C@H]4[C@@]5(C)CC[C@H](O)[C@](C)(CO)[C@H]5CC[C@]43C)[C@@H]2C1. The molecule has 0 aromatic rings. The molecule has 0 radical (unpaired) electrons. The average Bonchev–Trinajstić information content (AvgIpc) is 2.73. The largest absolute Gasteiger partial charge is 0.396 e. The van der Waals surface area contributed by atoms with Gasteiger partial charge in [0.1, 0.15) is 0 Å². The molecule has 0 aliphatic heterocycles. The molecule has 0 aromatic heterocycles. The Labute approximate surface area is 202 Å². The molecule has 0 heterocycles. The van der Waals surface area contributed by atoms with Gasteiger partial charge in [-0.3, -0.25) is 0 Å². The molecule has 5 aliphatic carbocycles. The predicted octanol–water partition coefficient (Wildman–Crippen LogP) is 6.11. The van der Waals surface area contributed by atoms with Crippen molar-refractivity contribution in [1.29, 1.82) is 0 Å². The zero-order valence-electron chi connectivity index (χ0n) is 22.4. The van der Waals surface area contributed by atoms with Gasteiger partial charge < -0.3 is 15.3 Å². The average molecular weight is 459 g/mol. The van der Waals surface area contributed by atoms with Crippen molar-refractivity contribution in [3.05, 3.63) is 11.6 Å². The number of hydrogen-bond acceptors (Lipinski definition) is 3. The van der Waals surface area contributed by atoms with Gasteiger partial charge in [-0.1, -0.05) is 60.1 Å². The molecule has 0 bridgehead atoms. The minimum Gasteiger partial charge on any atom is -0.396 e. The van der Waals surface area contributed by atoms with E-state index in [1.165, 1.54) is 19.3 Å². The van der Waals surface area contributed by atoms with Gasteiger partial charge in [0, 0.05) is 10.8 Å². The summed E-state index contributed by atoms with van der Waals surface area (Å²) in [7, 11) is 0. The third-order valence-electron chi connectivity index (χ3n) is 13.2. The molecule has 188 valence electrons. The second-order valence-electron chi connectivity index (χ2n) is 15.2. The van der Waals surface area contributed by atoms with Crippen LogP contribution in [0.5, 0.6) is 0 Å². The Bertz CT molecular complexity index is 847. The fourth-order valence-corrected chi connectivity index (χ4v) is 10.7. The smallest absolute Gasteiger partial charge is 0.0618 e. The third kappa shape index (κ3) is 2.91. The third-order valence-corrected chi connectivity index (χ3v) is 13.2. The summed E-state index contributed by atoms with van der Waals surface area (Å²) in [6.45, 7) is 17.0. The topological polar surface area (TPSA) is 60.7 Å². The lowest BCUT2D eigenvalue weighted by atomic mass is 9.33. The summed E-state index contributed by atoms with van der Waals surface area (Å²) in [5, 5.41) is 32.6. The molecule has 5 rings (SSSR count). The maximum Gasteiger partial charge on any atom is 0.0618 e. The fraction of sp³-hybridized carbons (Fsp3) is 0.933. The fourth-order valence-electron chi connectivity index (χ4n) is 10.7. The van der Waals surface area contributed by atoms with E-state index in [1.54, 1.807) is 5.57 Å². The molecule has 4 fully saturated rings. The van der Waals surface area contributed by atoms with E-state index in [-0.39, 0.29) is 45.2 Å². The van der Waals surface area contributed by atoms with E-state index in [1.807, 2.05) is 0 Å². The normalized spacial score (nSPS) is 57.8. The number of aliphatic hydroxyl groups excluding tert-OH is 3. The minimum absolute atomic E-state index is 0.00950. The summed E-state index contributed by atoms with van der Waals surface area (Å²) >= 11 is 0. The van der Waals surface area contributed by atoms with Crippen LogP contribution in [-0.2, 0) is 0 Å². The molecule has 0 spiro atoms. The molecule has 3 N–H and O–H groups in total. The number of rotatable bonds is 1. The molecule has 3 heteroatoms. The zero-order chi connectivity index (χ0) is 24.2. The molecule has 3 nitrogen and oxygen atoms in total. The van der Waals surface area contributed by atoms with Crippen LogP contribution in [0.1, 0.15) is 106 Å². The monoisotopic (exact) mass is 458 g/mol. The van der Waals surface area contributed by atoms with Crippen LogP contribution in [-0.4, -0.2) is 34.1 Å². The summed E-state index contributed by atoms with van der Waals surface area (Å²) in [5.74, 6) is 1.44. The van der Waals surface area contributed by atoms with Gasteiger partial charge in [-0.15, -0.1) is 0 Å². The van der Waals surface area contributed by atoms with Crippen LogP contribution in [0.25, 0.3) is 0 Å². The van der Waals surface area contributed by atoms with E-state index in [0.29, 0.717) is 17.8 Å². The Kier molecular flexibility index (Phi) is 5.23. The van der Waals surface area contributed by atoms with E-state index in [2.05, 4.69) is 54.5 Å². The number of aliphatic hydroxyl groups is 3. The Hall–Kier alpha value is -0.380. The maximum atomic E-state index is 11.3. The number of allylic oxidation sites excluding steroid dienone is 2. The van der Waals surface area contributed by atoms with Crippen molar-refractivity contribution in [3.63, 3.8) is 0 Å². The molecule has 10 atom stereocenters. The number of fused-ring (bicyclic) bond motifs is 7. The highest BCUT2D eigenvalue weighted by Gasteiger charge is 2.69. The molecule has 0 amide bonds. The second-order valence-corrected chi connectivity index (χ2v) is 15.2. The van der Waals surface area contributed by atoms with Crippen LogP contribution in [0.4, 0.5) is 0 Å². The number of hydrogen-bond donors (Lipinski definition) is 3. The van der Waals surface area contributed by atoms with Crippen LogP contribution >= 0.6 is 0 Å². The van der Waals surface area contributed by atoms with Crippen LogP contribution in [0, 0.1) is 50.2 Å². The first-order valence-electron chi connectivity index (χ1n) is 13.9. The first kappa shape index (κ1) is 24.3. The van der Waals surface area contributed by atoms with Gasteiger partial charge in [-0.2, -0.15) is 0 Å². The Morgan fingerprint density at radius 2 is 1.48 bits per heavy atom. The molecule has 33 heavy (non-hydrogen) atoms. The summed E-state index contributed by atoms with van der Waals surface area (Å²) < 4.78 is 0. The summed E-state index contributed by atoms with van der Waals surface area (Å²) in [6.07, 6.45) is 11.7. The van der Waals surface area contributed by atoms with Crippen molar-refractivity contribution in [2.75, 3.05) is 6.61 Å². The lowest BCUT2D eigenvalue weighted by Gasteiger charge is -2.71. The zero-order valence-corrected chi connectivity index (χ0v) is 22.4. The molecule has 0 aromatic carbocycles. The summed E-state index contributed by atoms with van der Waals surface area (Å²) in [6, 6.07) is 0. The van der Waals surface area contributed by atoms with E-state index in [4.69, 9.17) is 0 Å². The molecular weight excluding hydrogens is 408 g/mol. The Morgan fingerprint density at radius 3 is 2.15 bits per heavy atom. The van der Waals surface area contributed by atoms with Gasteiger partial charge in [0.05, 0.1) is 18.8 Å². The van der Waals surface area contributed by atoms with Crippen LogP contribution < -0.4 is 0 Å². The van der Waals surface area contributed by atoms with Crippen molar-refractivity contribution in [2.45, 2.75) is 118 Å². The van der Waals surface area contributed by atoms with E-state index in [0.717, 1.165) is 38.5 Å². The lowest BCUT2D eigenvalue weighted by molar-refractivity contribution is -0.218. The van der Waals surface area contributed by atoms with Gasteiger partial charge in [0.2, 0.25) is 0 Å². The predicted molar refractivity (Wildman–Crippen MR) is 134 cm³/mol. The van der Waals surface area contributed by atoms with Gasteiger partial charge in [0.15, 0.2) is 0 Å². The van der Waals surface area contributed by atoms with Crippen molar-refractivity contribution in [3.8, 4) is 0 Å². The molecule has 4 saturated carbocycles. The van der Waals surface area contributed by atoms with Crippen molar-refractivity contribution >= 4 is 0 Å². The minimum atomic E-state index is -0.392. The van der Waals surface area contributed by atoms with E-state index >= 15 is 0 Å². The molecule has 0 unspecified atom stereocenters. The maximum absolute atomic E-state index is 11.3. The highest BCUT2D eigenvalue weighted by Crippen LogP contribution is 2.75. The Balaban J connectivity index is 1.58. The first-order valence-corrected chi connectivity index (χ1v) is 13.9. The second kappa shape index (κ2) is 7.10. The summed E-state index contributed by atoms with van der Waals surface area (Å²) in [4.78, 5) is 0. The van der Waals surface area contributed by atoms with Gasteiger partial charge >= 0.3 is 0 Å². The summed E-state index contributed by atoms with van der Waals surface area (Å²) in [5.41, 5.74) is 2.04. The van der Waals surface area contributed by atoms with E-state index < -0.39 is 6.10 Å². The van der Waals surface area contributed by atoms with E-state index in [9.17, 15) is 15.3 Å². The molecule has 5 aliphatic rings.